The van der Waals surface area contributed by atoms with Crippen LogP contribution in [-0.2, 0) is 6.54 Å². The standard InChI is InChI=1S/C25H35N3O2/c1-19(2)16-28(25(29)23-9-7-13-26-20(23)3)17-21-11-14-27(15-12-21)18-22-8-5-6-10-24(22)30-4/h5-10,13,19,21H,11-12,14-18H2,1-4H3. The molecule has 2 heterocycles. The van der Waals surface area contributed by atoms with Gasteiger partial charge in [0.15, 0.2) is 0 Å². The summed E-state index contributed by atoms with van der Waals surface area (Å²) in [5, 5.41) is 0. The molecule has 0 radical (unpaired) electrons. The summed E-state index contributed by atoms with van der Waals surface area (Å²) in [4.78, 5) is 22.1. The number of rotatable bonds is 8. The monoisotopic (exact) mass is 409 g/mol. The van der Waals surface area contributed by atoms with Crippen LogP contribution in [-0.4, -0.2) is 54.0 Å². The van der Waals surface area contributed by atoms with Crippen molar-refractivity contribution >= 4 is 5.91 Å². The highest BCUT2D eigenvalue weighted by molar-refractivity contribution is 5.95. The van der Waals surface area contributed by atoms with E-state index in [9.17, 15) is 4.79 Å². The van der Waals surface area contributed by atoms with Crippen LogP contribution in [0.15, 0.2) is 42.6 Å². The summed E-state index contributed by atoms with van der Waals surface area (Å²) in [7, 11) is 1.73. The van der Waals surface area contributed by atoms with E-state index in [1.165, 1.54) is 5.56 Å². The van der Waals surface area contributed by atoms with Crippen LogP contribution in [0.3, 0.4) is 0 Å². The summed E-state index contributed by atoms with van der Waals surface area (Å²) in [6.07, 6.45) is 3.97. The van der Waals surface area contributed by atoms with Gasteiger partial charge >= 0.3 is 0 Å². The smallest absolute Gasteiger partial charge is 0.255 e. The van der Waals surface area contributed by atoms with E-state index in [0.29, 0.717) is 11.8 Å². The molecular weight excluding hydrogens is 374 g/mol. The van der Waals surface area contributed by atoms with Gasteiger partial charge in [0.2, 0.25) is 0 Å². The van der Waals surface area contributed by atoms with Crippen molar-refractivity contribution in [1.82, 2.24) is 14.8 Å². The van der Waals surface area contributed by atoms with Crippen molar-refractivity contribution in [2.75, 3.05) is 33.3 Å². The van der Waals surface area contributed by atoms with Gasteiger partial charge in [0.25, 0.3) is 5.91 Å². The fraction of sp³-hybridized carbons (Fsp3) is 0.520. The highest BCUT2D eigenvalue weighted by Gasteiger charge is 2.26. The summed E-state index contributed by atoms with van der Waals surface area (Å²) in [6, 6.07) is 12.0. The van der Waals surface area contributed by atoms with E-state index in [1.807, 2.05) is 31.2 Å². The van der Waals surface area contributed by atoms with Crippen molar-refractivity contribution in [3.8, 4) is 5.75 Å². The minimum Gasteiger partial charge on any atom is -0.496 e. The Kier molecular flexibility index (Phi) is 7.86. The molecule has 0 saturated carbocycles. The van der Waals surface area contributed by atoms with Gasteiger partial charge in [-0.1, -0.05) is 32.0 Å². The molecule has 1 saturated heterocycles. The van der Waals surface area contributed by atoms with E-state index >= 15 is 0 Å². The molecule has 2 aromatic rings. The Balaban J connectivity index is 1.59. The van der Waals surface area contributed by atoms with Crippen LogP contribution in [0.5, 0.6) is 5.75 Å². The third kappa shape index (κ3) is 5.82. The number of ether oxygens (including phenoxy) is 1. The van der Waals surface area contributed by atoms with Crippen LogP contribution >= 0.6 is 0 Å². The van der Waals surface area contributed by atoms with Crippen LogP contribution < -0.4 is 4.74 Å². The molecule has 5 heteroatoms. The summed E-state index contributed by atoms with van der Waals surface area (Å²) in [6.45, 7) is 10.9. The number of aryl methyl sites for hydroxylation is 1. The number of hydrogen-bond acceptors (Lipinski definition) is 4. The first-order valence-corrected chi connectivity index (χ1v) is 11.0. The maximum absolute atomic E-state index is 13.2. The maximum Gasteiger partial charge on any atom is 0.255 e. The zero-order chi connectivity index (χ0) is 21.5. The number of likely N-dealkylation sites (tertiary alicyclic amines) is 1. The summed E-state index contributed by atoms with van der Waals surface area (Å²) >= 11 is 0. The van der Waals surface area contributed by atoms with Crippen molar-refractivity contribution < 1.29 is 9.53 Å². The number of pyridine rings is 1. The SMILES string of the molecule is COc1ccccc1CN1CCC(CN(CC(C)C)C(=O)c2cccnc2C)CC1. The highest BCUT2D eigenvalue weighted by Crippen LogP contribution is 2.25. The molecule has 0 bridgehead atoms. The Labute approximate surface area is 181 Å². The molecule has 0 atom stereocenters. The fourth-order valence-electron chi connectivity index (χ4n) is 4.28. The topological polar surface area (TPSA) is 45.7 Å². The lowest BCUT2D eigenvalue weighted by molar-refractivity contribution is 0.0662. The molecule has 1 aromatic carbocycles. The van der Waals surface area contributed by atoms with Crippen LogP contribution in [0.25, 0.3) is 0 Å². The molecule has 1 aliphatic heterocycles. The lowest BCUT2D eigenvalue weighted by Crippen LogP contribution is -2.42. The second-order valence-corrected chi connectivity index (χ2v) is 8.77. The van der Waals surface area contributed by atoms with Gasteiger partial charge in [-0.05, 0) is 62.9 Å². The Morgan fingerprint density at radius 1 is 1.20 bits per heavy atom. The zero-order valence-corrected chi connectivity index (χ0v) is 18.8. The molecule has 0 spiro atoms. The Hall–Kier alpha value is -2.40. The number of nitrogens with zero attached hydrogens (tertiary/aromatic N) is 3. The van der Waals surface area contributed by atoms with Gasteiger partial charge in [-0.2, -0.15) is 0 Å². The molecule has 162 valence electrons. The summed E-state index contributed by atoms with van der Waals surface area (Å²) in [5.41, 5.74) is 2.77. The lowest BCUT2D eigenvalue weighted by Gasteiger charge is -2.35. The Morgan fingerprint density at radius 3 is 2.60 bits per heavy atom. The third-order valence-electron chi connectivity index (χ3n) is 5.88. The minimum atomic E-state index is 0.116. The van der Waals surface area contributed by atoms with Gasteiger partial charge in [0, 0.05) is 37.1 Å². The number of para-hydroxylation sites is 1. The Bertz CT molecular complexity index is 829. The molecule has 0 unspecified atom stereocenters. The molecule has 0 N–H and O–H groups in total. The average molecular weight is 410 g/mol. The number of aromatic nitrogens is 1. The molecule has 5 nitrogen and oxygen atoms in total. The van der Waals surface area contributed by atoms with Crippen LogP contribution in [0.1, 0.15) is 48.3 Å². The fourth-order valence-corrected chi connectivity index (χ4v) is 4.28. The number of methoxy groups -OCH3 is 1. The largest absolute Gasteiger partial charge is 0.496 e. The van der Waals surface area contributed by atoms with E-state index in [1.54, 1.807) is 13.3 Å². The van der Waals surface area contributed by atoms with Gasteiger partial charge in [-0.3, -0.25) is 14.7 Å². The van der Waals surface area contributed by atoms with Crippen molar-refractivity contribution in [3.63, 3.8) is 0 Å². The molecule has 1 aliphatic rings. The quantitative estimate of drug-likeness (QED) is 0.648. The molecular formula is C25H35N3O2. The van der Waals surface area contributed by atoms with E-state index in [0.717, 1.165) is 62.6 Å². The molecule has 1 fully saturated rings. The molecule has 3 rings (SSSR count). The van der Waals surface area contributed by atoms with E-state index in [-0.39, 0.29) is 5.91 Å². The highest BCUT2D eigenvalue weighted by atomic mass is 16.5. The number of carbonyl (C=O) groups is 1. The van der Waals surface area contributed by atoms with Crippen molar-refractivity contribution in [2.24, 2.45) is 11.8 Å². The van der Waals surface area contributed by atoms with Gasteiger partial charge in [0.1, 0.15) is 5.75 Å². The first-order valence-electron chi connectivity index (χ1n) is 11.0. The summed E-state index contributed by atoms with van der Waals surface area (Å²) in [5.74, 6) is 2.06. The first-order chi connectivity index (χ1) is 14.5. The zero-order valence-electron chi connectivity index (χ0n) is 18.8. The maximum atomic E-state index is 13.2. The second-order valence-electron chi connectivity index (χ2n) is 8.77. The van der Waals surface area contributed by atoms with Crippen LogP contribution in [0.4, 0.5) is 0 Å². The minimum absolute atomic E-state index is 0.116. The van der Waals surface area contributed by atoms with Gasteiger partial charge in [0.05, 0.1) is 12.7 Å². The van der Waals surface area contributed by atoms with Crippen LogP contribution in [0, 0.1) is 18.8 Å². The van der Waals surface area contributed by atoms with Gasteiger partial charge in [-0.25, -0.2) is 0 Å². The molecule has 30 heavy (non-hydrogen) atoms. The summed E-state index contributed by atoms with van der Waals surface area (Å²) < 4.78 is 5.50. The van der Waals surface area contributed by atoms with Crippen LogP contribution in [0.2, 0.25) is 0 Å². The normalized spacial score (nSPS) is 15.4. The molecule has 1 amide bonds. The van der Waals surface area contributed by atoms with Gasteiger partial charge in [-0.15, -0.1) is 0 Å². The number of benzene rings is 1. The van der Waals surface area contributed by atoms with Gasteiger partial charge < -0.3 is 9.64 Å². The third-order valence-corrected chi connectivity index (χ3v) is 5.88. The number of amides is 1. The average Bonchev–Trinajstić information content (AvgIpc) is 2.74. The van der Waals surface area contributed by atoms with E-state index < -0.39 is 0 Å². The number of piperidine rings is 1. The van der Waals surface area contributed by atoms with Crippen molar-refractivity contribution in [1.29, 1.82) is 0 Å². The molecule has 0 aliphatic carbocycles. The molecule has 1 aromatic heterocycles. The van der Waals surface area contributed by atoms with Crippen molar-refractivity contribution in [3.05, 3.63) is 59.4 Å². The lowest BCUT2D eigenvalue weighted by atomic mass is 9.95. The Morgan fingerprint density at radius 2 is 1.93 bits per heavy atom. The second kappa shape index (κ2) is 10.6. The number of carbonyl (C=O) groups excluding carboxylic acids is 1. The predicted octanol–water partition coefficient (Wildman–Crippen LogP) is 4.41. The predicted molar refractivity (Wildman–Crippen MR) is 121 cm³/mol. The van der Waals surface area contributed by atoms with E-state index in [2.05, 4.69) is 40.8 Å². The van der Waals surface area contributed by atoms with E-state index in [4.69, 9.17) is 4.74 Å². The van der Waals surface area contributed by atoms with Crippen molar-refractivity contribution in [2.45, 2.75) is 40.2 Å². The first kappa shape index (κ1) is 22.3. The number of hydrogen-bond donors (Lipinski definition) is 0.